The van der Waals surface area contributed by atoms with Crippen LogP contribution in [0.1, 0.15) is 33.4 Å². The minimum absolute atomic E-state index is 0.0634. The third-order valence-corrected chi connectivity index (χ3v) is 6.31. The van der Waals surface area contributed by atoms with E-state index in [1.807, 2.05) is 30.3 Å². The van der Waals surface area contributed by atoms with Crippen LogP contribution in [0.4, 0.5) is 10.1 Å². The number of fused-ring (bicyclic) bond motifs is 1. The van der Waals surface area contributed by atoms with Gasteiger partial charge in [-0.15, -0.1) is 0 Å². The van der Waals surface area contributed by atoms with Gasteiger partial charge in [0.05, 0.1) is 10.9 Å². The number of anilines is 1. The topological polar surface area (TPSA) is 124 Å². The van der Waals surface area contributed by atoms with Gasteiger partial charge < -0.3 is 9.88 Å². The van der Waals surface area contributed by atoms with Crippen molar-refractivity contribution in [3.8, 4) is 6.07 Å². The van der Waals surface area contributed by atoms with Gasteiger partial charge in [-0.2, -0.15) is 9.65 Å². The van der Waals surface area contributed by atoms with E-state index in [2.05, 4.69) is 15.0 Å². The fourth-order valence-electron chi connectivity index (χ4n) is 3.42. The van der Waals surface area contributed by atoms with Crippen molar-refractivity contribution in [2.24, 2.45) is 7.05 Å². The maximum Gasteiger partial charge on any atom is 0.272 e. The molecular formula is C21H17FN6O2S. The second-order valence-electron chi connectivity index (χ2n) is 6.92. The molecule has 2 atom stereocenters. The maximum absolute atomic E-state index is 13.6. The van der Waals surface area contributed by atoms with E-state index in [-0.39, 0.29) is 22.0 Å². The lowest BCUT2D eigenvalue weighted by Gasteiger charge is -2.15. The second-order valence-corrected chi connectivity index (χ2v) is 8.71. The molecule has 3 N–H and O–H groups in total. The van der Waals surface area contributed by atoms with Crippen molar-refractivity contribution in [3.63, 3.8) is 0 Å². The highest BCUT2D eigenvalue weighted by Crippen LogP contribution is 2.31. The maximum atomic E-state index is 13.6. The van der Waals surface area contributed by atoms with Gasteiger partial charge in [-0.05, 0) is 11.6 Å². The molecule has 3 aromatic rings. The molecule has 3 heterocycles. The summed E-state index contributed by atoms with van der Waals surface area (Å²) in [6.07, 6.45) is 4.87. The summed E-state index contributed by atoms with van der Waals surface area (Å²) in [5.41, 5.74) is 1.20. The molecule has 1 aliphatic heterocycles. The summed E-state index contributed by atoms with van der Waals surface area (Å²) >= 11 is 0. The highest BCUT2D eigenvalue weighted by molar-refractivity contribution is 7.90. The molecular weight excluding hydrogens is 419 g/mol. The first-order chi connectivity index (χ1) is 14.8. The average Bonchev–Trinajstić information content (AvgIpc) is 3.02. The van der Waals surface area contributed by atoms with Crippen LogP contribution in [0.5, 0.6) is 0 Å². The Kier molecular flexibility index (Phi) is 5.14. The zero-order valence-corrected chi connectivity index (χ0v) is 17.1. The van der Waals surface area contributed by atoms with Crippen molar-refractivity contribution in [3.05, 3.63) is 83.2 Å². The summed E-state index contributed by atoms with van der Waals surface area (Å²) in [6, 6.07) is 12.7. The Hall–Kier alpha value is -3.81. The lowest BCUT2D eigenvalue weighted by molar-refractivity contribution is 0.101. The van der Waals surface area contributed by atoms with Crippen LogP contribution in [-0.4, -0.2) is 19.7 Å². The lowest BCUT2D eigenvalue weighted by atomic mass is 10.1. The Bertz CT molecular complexity index is 1360. The third kappa shape index (κ3) is 3.96. The molecule has 1 aromatic carbocycles. The van der Waals surface area contributed by atoms with Crippen LogP contribution in [0.25, 0.3) is 6.08 Å². The van der Waals surface area contributed by atoms with Crippen molar-refractivity contribution >= 4 is 27.6 Å². The molecule has 0 fully saturated rings. The fraction of sp³-hybridized carbons (Fsp3) is 0.0952. The molecule has 0 spiro atoms. The number of aromatic nitrogens is 2. The quantitative estimate of drug-likeness (QED) is 0.545. The minimum atomic E-state index is -3.43. The number of benzene rings is 1. The molecule has 4 rings (SSSR count). The van der Waals surface area contributed by atoms with Gasteiger partial charge >= 0.3 is 0 Å². The first kappa shape index (κ1) is 20.5. The van der Waals surface area contributed by atoms with E-state index in [1.165, 1.54) is 16.8 Å². The Morgan fingerprint density at radius 1 is 1.35 bits per heavy atom. The summed E-state index contributed by atoms with van der Waals surface area (Å²) in [6.45, 7) is 0. The molecule has 8 nitrogen and oxygen atoms in total. The molecule has 1 unspecified atom stereocenters. The Morgan fingerprint density at radius 3 is 2.81 bits per heavy atom. The van der Waals surface area contributed by atoms with Gasteiger partial charge in [-0.1, -0.05) is 42.5 Å². The Labute approximate surface area is 178 Å². The van der Waals surface area contributed by atoms with Gasteiger partial charge in [0.25, 0.3) is 5.91 Å². The summed E-state index contributed by atoms with van der Waals surface area (Å²) < 4.78 is 39.5. The van der Waals surface area contributed by atoms with Crippen LogP contribution in [0.3, 0.4) is 0 Å². The predicted octanol–water partition coefficient (Wildman–Crippen LogP) is 3.36. The molecule has 1 amide bonds. The molecule has 2 aromatic heterocycles. The van der Waals surface area contributed by atoms with Crippen molar-refractivity contribution in [1.29, 1.82) is 10.0 Å². The van der Waals surface area contributed by atoms with E-state index in [4.69, 9.17) is 10.0 Å². The summed E-state index contributed by atoms with van der Waals surface area (Å²) in [5, 5.41) is 11.5. The SMILES string of the molecule is Cn1cc2c(c1C(=O)Nc1cc(F)nc(C#N)c1)C=C[C@H](c1ccccc1)NS2(=N)=O. The monoisotopic (exact) mass is 436 g/mol. The van der Waals surface area contributed by atoms with Crippen LogP contribution in [0, 0.1) is 22.1 Å². The summed E-state index contributed by atoms with van der Waals surface area (Å²) in [4.78, 5) is 16.6. The largest absolute Gasteiger partial charge is 0.345 e. The number of rotatable bonds is 3. The molecule has 156 valence electrons. The second kappa shape index (κ2) is 7.79. The fourth-order valence-corrected chi connectivity index (χ4v) is 4.90. The van der Waals surface area contributed by atoms with Gasteiger partial charge in [-0.3, -0.25) is 4.79 Å². The smallest absolute Gasteiger partial charge is 0.272 e. The first-order valence-electron chi connectivity index (χ1n) is 9.16. The van der Waals surface area contributed by atoms with E-state index in [0.29, 0.717) is 5.56 Å². The number of hydrogen-bond acceptors (Lipinski definition) is 5. The molecule has 0 saturated heterocycles. The van der Waals surface area contributed by atoms with E-state index < -0.39 is 27.8 Å². The minimum Gasteiger partial charge on any atom is -0.345 e. The van der Waals surface area contributed by atoms with Gasteiger partial charge in [0.15, 0.2) is 0 Å². The zero-order chi connectivity index (χ0) is 22.2. The van der Waals surface area contributed by atoms with Gasteiger partial charge in [0.1, 0.15) is 27.4 Å². The standard InChI is InChI=1S/C21H17FN6O2S/c1-28-12-18-16(7-8-17(27-31(18,24)30)13-5-3-2-4-6-13)20(28)21(29)26-14-9-15(11-23)25-19(22)10-14/h2-10,12,17H,1H3,(H2,24,27,30)(H,25,26,29)/t17-,31?/m1/s1. The average molecular weight is 436 g/mol. The van der Waals surface area contributed by atoms with Crippen LogP contribution < -0.4 is 10.0 Å². The highest BCUT2D eigenvalue weighted by atomic mass is 32.2. The van der Waals surface area contributed by atoms with Crippen molar-refractivity contribution < 1.29 is 13.4 Å². The number of pyridine rings is 1. The van der Waals surface area contributed by atoms with Crippen molar-refractivity contribution in [2.75, 3.05) is 5.32 Å². The third-order valence-electron chi connectivity index (χ3n) is 4.78. The molecule has 0 bridgehead atoms. The molecule has 0 aliphatic carbocycles. The number of aryl methyl sites for hydroxylation is 1. The van der Waals surface area contributed by atoms with Crippen LogP contribution >= 0.6 is 0 Å². The Balaban J connectivity index is 1.74. The zero-order valence-electron chi connectivity index (χ0n) is 16.3. The number of carbonyl (C=O) groups excluding carboxylic acids is 1. The number of nitriles is 1. The summed E-state index contributed by atoms with van der Waals surface area (Å²) in [5.74, 6) is -1.50. The number of nitrogens with one attached hydrogen (secondary N) is 3. The van der Waals surface area contributed by atoms with Gasteiger partial charge in [0.2, 0.25) is 5.95 Å². The molecule has 0 radical (unpaired) electrons. The number of nitrogens with zero attached hydrogens (tertiary/aromatic N) is 3. The molecule has 1 aliphatic rings. The van der Waals surface area contributed by atoms with Crippen LogP contribution in [-0.2, 0) is 17.0 Å². The van der Waals surface area contributed by atoms with Crippen LogP contribution in [0.15, 0.2) is 59.6 Å². The molecule has 10 heteroatoms. The van der Waals surface area contributed by atoms with Crippen molar-refractivity contribution in [1.82, 2.24) is 14.3 Å². The number of amides is 1. The predicted molar refractivity (Wildman–Crippen MR) is 113 cm³/mol. The van der Waals surface area contributed by atoms with E-state index in [1.54, 1.807) is 25.3 Å². The van der Waals surface area contributed by atoms with E-state index in [0.717, 1.165) is 11.6 Å². The normalized spacial score (nSPS) is 19.8. The first-order valence-corrected chi connectivity index (χ1v) is 10.7. The number of hydrogen-bond donors (Lipinski definition) is 3. The van der Waals surface area contributed by atoms with Crippen molar-refractivity contribution in [2.45, 2.75) is 10.9 Å². The molecule has 31 heavy (non-hydrogen) atoms. The number of halogens is 1. The van der Waals surface area contributed by atoms with E-state index in [9.17, 15) is 13.4 Å². The molecule has 0 saturated carbocycles. The van der Waals surface area contributed by atoms with Gasteiger partial charge in [-0.25, -0.2) is 18.7 Å². The highest BCUT2D eigenvalue weighted by Gasteiger charge is 2.29. The van der Waals surface area contributed by atoms with Crippen LogP contribution in [0.2, 0.25) is 0 Å². The van der Waals surface area contributed by atoms with E-state index >= 15 is 0 Å². The van der Waals surface area contributed by atoms with Gasteiger partial charge in [0, 0.05) is 30.6 Å². The number of carbonyl (C=O) groups is 1. The summed E-state index contributed by atoms with van der Waals surface area (Å²) in [7, 11) is -1.83. The lowest BCUT2D eigenvalue weighted by Crippen LogP contribution is -2.25. The Morgan fingerprint density at radius 2 is 2.10 bits per heavy atom.